The summed E-state index contributed by atoms with van der Waals surface area (Å²) < 4.78 is 5.07. The second-order valence-corrected chi connectivity index (χ2v) is 4.65. The molecule has 1 saturated carbocycles. The molecule has 1 aromatic rings. The van der Waals surface area contributed by atoms with E-state index >= 15 is 0 Å². The molecular formula is C15H18O3. The molecule has 0 amide bonds. The first-order valence-electron chi connectivity index (χ1n) is 6.32. The topological polar surface area (TPSA) is 46.5 Å². The molecule has 1 aliphatic carbocycles. The lowest BCUT2D eigenvalue weighted by atomic mass is 10.0. The standard InChI is InChI=1S/C15H18O3/c16-14(15(17)10-4-5-11-15)18-12-6-9-13-7-2-1-3-8-13/h1-3,6-9,17H,4-5,10-12H2/b9-6+. The van der Waals surface area contributed by atoms with Crippen LogP contribution < -0.4 is 0 Å². The Balaban J connectivity index is 1.79. The summed E-state index contributed by atoms with van der Waals surface area (Å²) in [4.78, 5) is 11.7. The van der Waals surface area contributed by atoms with Gasteiger partial charge in [0.05, 0.1) is 0 Å². The molecule has 1 N–H and O–H groups in total. The second-order valence-electron chi connectivity index (χ2n) is 4.65. The fourth-order valence-corrected chi connectivity index (χ4v) is 2.17. The summed E-state index contributed by atoms with van der Waals surface area (Å²) >= 11 is 0. The maximum absolute atomic E-state index is 11.7. The summed E-state index contributed by atoms with van der Waals surface area (Å²) in [7, 11) is 0. The molecule has 0 spiro atoms. The predicted molar refractivity (Wildman–Crippen MR) is 69.9 cm³/mol. The lowest BCUT2D eigenvalue weighted by Gasteiger charge is -2.18. The van der Waals surface area contributed by atoms with Gasteiger partial charge in [0, 0.05) is 0 Å². The van der Waals surface area contributed by atoms with Crippen LogP contribution in [0.25, 0.3) is 6.08 Å². The van der Waals surface area contributed by atoms with Crippen LogP contribution in [0.2, 0.25) is 0 Å². The summed E-state index contributed by atoms with van der Waals surface area (Å²) in [6, 6.07) is 9.80. The van der Waals surface area contributed by atoms with Crippen molar-refractivity contribution in [2.75, 3.05) is 6.61 Å². The first-order valence-corrected chi connectivity index (χ1v) is 6.32. The predicted octanol–water partition coefficient (Wildman–Crippen LogP) is 2.55. The number of rotatable bonds is 4. The number of aliphatic hydroxyl groups is 1. The van der Waals surface area contributed by atoms with Crippen LogP contribution in [0, 0.1) is 0 Å². The van der Waals surface area contributed by atoms with Crippen LogP contribution in [0.15, 0.2) is 36.4 Å². The fourth-order valence-electron chi connectivity index (χ4n) is 2.17. The van der Waals surface area contributed by atoms with Crippen LogP contribution in [-0.4, -0.2) is 23.3 Å². The summed E-state index contributed by atoms with van der Waals surface area (Å²) in [5, 5.41) is 9.98. The van der Waals surface area contributed by atoms with Crippen LogP contribution in [0.4, 0.5) is 0 Å². The first kappa shape index (κ1) is 12.8. The van der Waals surface area contributed by atoms with Gasteiger partial charge in [-0.2, -0.15) is 0 Å². The fraction of sp³-hybridized carbons (Fsp3) is 0.400. The number of benzene rings is 1. The van der Waals surface area contributed by atoms with Crippen LogP contribution in [0.3, 0.4) is 0 Å². The summed E-state index contributed by atoms with van der Waals surface area (Å²) in [6.07, 6.45) is 6.51. The molecule has 0 heterocycles. The molecule has 0 aliphatic heterocycles. The van der Waals surface area contributed by atoms with E-state index in [9.17, 15) is 9.90 Å². The largest absolute Gasteiger partial charge is 0.459 e. The molecule has 0 radical (unpaired) electrons. The summed E-state index contributed by atoms with van der Waals surface area (Å²) in [5.74, 6) is -0.488. The summed E-state index contributed by atoms with van der Waals surface area (Å²) in [5.41, 5.74) is -0.172. The van der Waals surface area contributed by atoms with E-state index in [0.717, 1.165) is 18.4 Å². The van der Waals surface area contributed by atoms with Crippen molar-refractivity contribution in [3.05, 3.63) is 42.0 Å². The number of carbonyl (C=O) groups is 1. The van der Waals surface area contributed by atoms with Crippen molar-refractivity contribution in [3.63, 3.8) is 0 Å². The normalized spacial score (nSPS) is 18.1. The molecular weight excluding hydrogens is 228 g/mol. The average molecular weight is 246 g/mol. The van der Waals surface area contributed by atoms with Gasteiger partial charge in [0.15, 0.2) is 5.60 Å². The van der Waals surface area contributed by atoms with E-state index in [1.54, 1.807) is 6.08 Å². The molecule has 3 nitrogen and oxygen atoms in total. The number of carbonyl (C=O) groups excluding carboxylic acids is 1. The lowest BCUT2D eigenvalue weighted by Crippen LogP contribution is -2.37. The van der Waals surface area contributed by atoms with Crippen LogP contribution in [-0.2, 0) is 9.53 Å². The van der Waals surface area contributed by atoms with E-state index in [0.29, 0.717) is 12.8 Å². The quantitative estimate of drug-likeness (QED) is 0.830. The van der Waals surface area contributed by atoms with Gasteiger partial charge in [-0.15, -0.1) is 0 Å². The minimum absolute atomic E-state index is 0.204. The van der Waals surface area contributed by atoms with Crippen LogP contribution in [0.5, 0.6) is 0 Å². The van der Waals surface area contributed by atoms with E-state index in [2.05, 4.69) is 0 Å². The molecule has 96 valence electrons. The van der Waals surface area contributed by atoms with Crippen molar-refractivity contribution < 1.29 is 14.6 Å². The molecule has 3 heteroatoms. The third-order valence-corrected chi connectivity index (χ3v) is 3.23. The molecule has 1 aliphatic rings. The number of ether oxygens (including phenoxy) is 1. The van der Waals surface area contributed by atoms with Gasteiger partial charge in [-0.1, -0.05) is 36.4 Å². The molecule has 18 heavy (non-hydrogen) atoms. The van der Waals surface area contributed by atoms with Crippen LogP contribution >= 0.6 is 0 Å². The molecule has 1 fully saturated rings. The zero-order chi connectivity index (χ0) is 12.8. The van der Waals surface area contributed by atoms with Crippen molar-refractivity contribution in [2.24, 2.45) is 0 Å². The highest BCUT2D eigenvalue weighted by atomic mass is 16.5. The molecule has 0 unspecified atom stereocenters. The minimum Gasteiger partial charge on any atom is -0.459 e. The second kappa shape index (κ2) is 5.83. The molecule has 0 aromatic heterocycles. The van der Waals surface area contributed by atoms with Gasteiger partial charge in [-0.3, -0.25) is 0 Å². The van der Waals surface area contributed by atoms with Gasteiger partial charge >= 0.3 is 5.97 Å². The maximum atomic E-state index is 11.7. The van der Waals surface area contributed by atoms with E-state index < -0.39 is 11.6 Å². The monoisotopic (exact) mass is 246 g/mol. The van der Waals surface area contributed by atoms with E-state index in [-0.39, 0.29) is 6.61 Å². The third-order valence-electron chi connectivity index (χ3n) is 3.23. The Labute approximate surface area is 107 Å². The lowest BCUT2D eigenvalue weighted by molar-refractivity contribution is -0.163. The van der Waals surface area contributed by atoms with E-state index in [1.807, 2.05) is 36.4 Å². The van der Waals surface area contributed by atoms with Gasteiger partial charge in [0.25, 0.3) is 0 Å². The van der Waals surface area contributed by atoms with Gasteiger partial charge < -0.3 is 9.84 Å². The SMILES string of the molecule is O=C(OC/C=C/c1ccccc1)C1(O)CCCC1. The maximum Gasteiger partial charge on any atom is 0.338 e. The number of hydrogen-bond acceptors (Lipinski definition) is 3. The molecule has 0 saturated heterocycles. The smallest absolute Gasteiger partial charge is 0.338 e. The molecule has 0 atom stereocenters. The Morgan fingerprint density at radius 2 is 1.94 bits per heavy atom. The zero-order valence-corrected chi connectivity index (χ0v) is 10.3. The Hall–Kier alpha value is -1.61. The zero-order valence-electron chi connectivity index (χ0n) is 10.3. The van der Waals surface area contributed by atoms with Gasteiger partial charge in [-0.25, -0.2) is 4.79 Å². The average Bonchev–Trinajstić information content (AvgIpc) is 2.84. The summed E-state index contributed by atoms with van der Waals surface area (Å²) in [6.45, 7) is 0.204. The molecule has 0 bridgehead atoms. The van der Waals surface area contributed by atoms with Crippen molar-refractivity contribution in [3.8, 4) is 0 Å². The highest BCUT2D eigenvalue weighted by Gasteiger charge is 2.40. The van der Waals surface area contributed by atoms with E-state index in [1.165, 1.54) is 0 Å². The Morgan fingerprint density at radius 3 is 2.61 bits per heavy atom. The Kier molecular flexibility index (Phi) is 4.15. The van der Waals surface area contributed by atoms with Gasteiger partial charge in [-0.05, 0) is 37.3 Å². The molecule has 2 rings (SSSR count). The highest BCUT2D eigenvalue weighted by Crippen LogP contribution is 2.30. The Morgan fingerprint density at radius 1 is 1.28 bits per heavy atom. The number of esters is 1. The van der Waals surface area contributed by atoms with Crippen molar-refractivity contribution >= 4 is 12.0 Å². The third kappa shape index (κ3) is 3.20. The highest BCUT2D eigenvalue weighted by molar-refractivity contribution is 5.79. The Bertz CT molecular complexity index is 417. The minimum atomic E-state index is -1.24. The van der Waals surface area contributed by atoms with Gasteiger partial charge in [0.1, 0.15) is 6.61 Å². The van der Waals surface area contributed by atoms with E-state index in [4.69, 9.17) is 4.74 Å². The van der Waals surface area contributed by atoms with Crippen molar-refractivity contribution in [2.45, 2.75) is 31.3 Å². The van der Waals surface area contributed by atoms with Crippen molar-refractivity contribution in [1.82, 2.24) is 0 Å². The van der Waals surface area contributed by atoms with Crippen molar-refractivity contribution in [1.29, 1.82) is 0 Å². The first-order chi connectivity index (χ1) is 8.71. The van der Waals surface area contributed by atoms with Gasteiger partial charge in [0.2, 0.25) is 0 Å². The van der Waals surface area contributed by atoms with Crippen LogP contribution in [0.1, 0.15) is 31.2 Å². The number of hydrogen-bond donors (Lipinski definition) is 1. The molecule has 1 aromatic carbocycles.